The standard InChI is InChI=1S/C16H16BrNO3/c1-10(19)14-8-12(18)3-6-16(14)21-9-11-7-13(20-2)4-5-15(11)17/h3-8H,9,18H2,1-2H3. The van der Waals surface area contributed by atoms with Gasteiger partial charge in [0.05, 0.1) is 12.7 Å². The van der Waals surface area contributed by atoms with Crippen molar-refractivity contribution in [3.63, 3.8) is 0 Å². The van der Waals surface area contributed by atoms with Gasteiger partial charge in [-0.2, -0.15) is 0 Å². The second-order valence-electron chi connectivity index (χ2n) is 4.56. The summed E-state index contributed by atoms with van der Waals surface area (Å²) in [6, 6.07) is 10.7. The number of rotatable bonds is 5. The highest BCUT2D eigenvalue weighted by Gasteiger charge is 2.10. The van der Waals surface area contributed by atoms with Crippen LogP contribution in [0.2, 0.25) is 0 Å². The molecule has 0 aliphatic carbocycles. The lowest BCUT2D eigenvalue weighted by atomic mass is 10.1. The van der Waals surface area contributed by atoms with Gasteiger partial charge in [0.25, 0.3) is 0 Å². The summed E-state index contributed by atoms with van der Waals surface area (Å²) in [6.45, 7) is 1.81. The third-order valence-corrected chi connectivity index (χ3v) is 3.79. The van der Waals surface area contributed by atoms with Gasteiger partial charge < -0.3 is 15.2 Å². The topological polar surface area (TPSA) is 61.6 Å². The van der Waals surface area contributed by atoms with E-state index in [0.717, 1.165) is 15.8 Å². The molecule has 0 heterocycles. The van der Waals surface area contributed by atoms with Gasteiger partial charge in [0.1, 0.15) is 18.1 Å². The first-order valence-electron chi connectivity index (χ1n) is 6.37. The summed E-state index contributed by atoms with van der Waals surface area (Å²) < 4.78 is 11.9. The van der Waals surface area contributed by atoms with Crippen molar-refractivity contribution >= 4 is 27.4 Å². The van der Waals surface area contributed by atoms with Crippen LogP contribution >= 0.6 is 15.9 Å². The van der Waals surface area contributed by atoms with E-state index in [4.69, 9.17) is 15.2 Å². The molecule has 0 aromatic heterocycles. The predicted octanol–water partition coefficient (Wildman–Crippen LogP) is 3.82. The molecule has 0 aliphatic rings. The van der Waals surface area contributed by atoms with E-state index in [1.54, 1.807) is 25.3 Å². The number of nitrogen functional groups attached to an aromatic ring is 1. The van der Waals surface area contributed by atoms with Crippen molar-refractivity contribution in [1.29, 1.82) is 0 Å². The maximum absolute atomic E-state index is 11.6. The second kappa shape index (κ2) is 6.63. The van der Waals surface area contributed by atoms with Crippen LogP contribution in [-0.2, 0) is 6.61 Å². The van der Waals surface area contributed by atoms with Crippen LogP contribution in [0.1, 0.15) is 22.8 Å². The molecule has 0 radical (unpaired) electrons. The van der Waals surface area contributed by atoms with Gasteiger partial charge in [-0.15, -0.1) is 0 Å². The molecule has 4 nitrogen and oxygen atoms in total. The number of hydrogen-bond donors (Lipinski definition) is 1. The maximum Gasteiger partial charge on any atom is 0.163 e. The summed E-state index contributed by atoms with van der Waals surface area (Å²) in [5.74, 6) is 1.19. The van der Waals surface area contributed by atoms with Gasteiger partial charge in [0.2, 0.25) is 0 Å². The van der Waals surface area contributed by atoms with Gasteiger partial charge in [-0.05, 0) is 43.3 Å². The lowest BCUT2D eigenvalue weighted by Gasteiger charge is -2.12. The first-order valence-corrected chi connectivity index (χ1v) is 7.16. The number of nitrogens with two attached hydrogens (primary N) is 1. The molecule has 2 aromatic rings. The zero-order valence-corrected chi connectivity index (χ0v) is 13.4. The average molecular weight is 350 g/mol. The minimum absolute atomic E-state index is 0.0815. The predicted molar refractivity (Wildman–Crippen MR) is 85.9 cm³/mol. The van der Waals surface area contributed by atoms with Crippen molar-refractivity contribution in [3.05, 3.63) is 52.0 Å². The van der Waals surface area contributed by atoms with E-state index >= 15 is 0 Å². The van der Waals surface area contributed by atoms with Crippen molar-refractivity contribution in [1.82, 2.24) is 0 Å². The van der Waals surface area contributed by atoms with Crippen molar-refractivity contribution in [2.24, 2.45) is 0 Å². The van der Waals surface area contributed by atoms with Crippen molar-refractivity contribution in [2.75, 3.05) is 12.8 Å². The van der Waals surface area contributed by atoms with Crippen LogP contribution in [0.5, 0.6) is 11.5 Å². The van der Waals surface area contributed by atoms with E-state index in [1.807, 2.05) is 18.2 Å². The largest absolute Gasteiger partial charge is 0.497 e. The molecule has 0 saturated carbocycles. The van der Waals surface area contributed by atoms with Gasteiger partial charge in [0.15, 0.2) is 5.78 Å². The van der Waals surface area contributed by atoms with Gasteiger partial charge in [-0.1, -0.05) is 15.9 Å². The lowest BCUT2D eigenvalue weighted by molar-refractivity contribution is 0.101. The Bertz CT molecular complexity index is 671. The molecule has 0 unspecified atom stereocenters. The monoisotopic (exact) mass is 349 g/mol. The second-order valence-corrected chi connectivity index (χ2v) is 5.41. The van der Waals surface area contributed by atoms with Crippen LogP contribution in [0.25, 0.3) is 0 Å². The first-order chi connectivity index (χ1) is 10.0. The average Bonchev–Trinajstić information content (AvgIpc) is 2.47. The van der Waals surface area contributed by atoms with Crippen molar-refractivity contribution in [3.8, 4) is 11.5 Å². The normalized spacial score (nSPS) is 10.2. The number of ether oxygens (including phenoxy) is 2. The molecular weight excluding hydrogens is 334 g/mol. The molecule has 0 atom stereocenters. The van der Waals surface area contributed by atoms with E-state index in [0.29, 0.717) is 23.6 Å². The Balaban J connectivity index is 2.22. The van der Waals surface area contributed by atoms with Crippen LogP contribution in [0, 0.1) is 0 Å². The number of carbonyl (C=O) groups excluding carboxylic acids is 1. The molecule has 21 heavy (non-hydrogen) atoms. The zero-order valence-electron chi connectivity index (χ0n) is 11.9. The van der Waals surface area contributed by atoms with Gasteiger partial charge >= 0.3 is 0 Å². The molecule has 0 amide bonds. The smallest absolute Gasteiger partial charge is 0.163 e. The number of ketones is 1. The highest BCUT2D eigenvalue weighted by molar-refractivity contribution is 9.10. The number of methoxy groups -OCH3 is 1. The molecule has 5 heteroatoms. The number of Topliss-reactive ketones (excluding diaryl/α,β-unsaturated/α-hetero) is 1. The summed E-state index contributed by atoms with van der Waals surface area (Å²) in [7, 11) is 1.61. The SMILES string of the molecule is COc1ccc(Br)c(COc2ccc(N)cc2C(C)=O)c1. The fourth-order valence-corrected chi connectivity index (χ4v) is 2.25. The molecular formula is C16H16BrNO3. The molecule has 0 fully saturated rings. The Morgan fingerprint density at radius 2 is 2.00 bits per heavy atom. The third kappa shape index (κ3) is 3.76. The van der Waals surface area contributed by atoms with Gasteiger partial charge in [0, 0.05) is 15.7 Å². The summed E-state index contributed by atoms with van der Waals surface area (Å²) in [6.07, 6.45) is 0. The van der Waals surface area contributed by atoms with Crippen LogP contribution in [-0.4, -0.2) is 12.9 Å². The number of halogens is 1. The zero-order chi connectivity index (χ0) is 15.4. The fraction of sp³-hybridized carbons (Fsp3) is 0.188. The summed E-state index contributed by atoms with van der Waals surface area (Å²) in [5.41, 5.74) is 7.65. The third-order valence-electron chi connectivity index (χ3n) is 3.02. The van der Waals surface area contributed by atoms with E-state index in [9.17, 15) is 4.79 Å². The summed E-state index contributed by atoms with van der Waals surface area (Å²) in [4.78, 5) is 11.6. The van der Waals surface area contributed by atoms with E-state index in [-0.39, 0.29) is 5.78 Å². The Hall–Kier alpha value is -2.01. The fourth-order valence-electron chi connectivity index (χ4n) is 1.89. The molecule has 0 bridgehead atoms. The molecule has 110 valence electrons. The Labute approximate surface area is 132 Å². The van der Waals surface area contributed by atoms with Crippen LogP contribution in [0.4, 0.5) is 5.69 Å². The van der Waals surface area contributed by atoms with Crippen molar-refractivity contribution in [2.45, 2.75) is 13.5 Å². The van der Waals surface area contributed by atoms with E-state index < -0.39 is 0 Å². The number of benzene rings is 2. The minimum Gasteiger partial charge on any atom is -0.497 e. The molecule has 0 aliphatic heterocycles. The van der Waals surface area contributed by atoms with Crippen molar-refractivity contribution < 1.29 is 14.3 Å². The van der Waals surface area contributed by atoms with Gasteiger partial charge in [-0.25, -0.2) is 0 Å². The Kier molecular flexibility index (Phi) is 4.85. The number of hydrogen-bond acceptors (Lipinski definition) is 4. The quantitative estimate of drug-likeness (QED) is 0.658. The highest BCUT2D eigenvalue weighted by atomic mass is 79.9. The van der Waals surface area contributed by atoms with E-state index in [2.05, 4.69) is 15.9 Å². The molecule has 2 rings (SSSR count). The van der Waals surface area contributed by atoms with E-state index in [1.165, 1.54) is 6.92 Å². The first kappa shape index (κ1) is 15.4. The Morgan fingerprint density at radius 1 is 1.24 bits per heavy atom. The minimum atomic E-state index is -0.0815. The van der Waals surface area contributed by atoms with Crippen LogP contribution < -0.4 is 15.2 Å². The Morgan fingerprint density at radius 3 is 2.67 bits per heavy atom. The number of carbonyl (C=O) groups is 1. The molecule has 0 spiro atoms. The maximum atomic E-state index is 11.6. The summed E-state index contributed by atoms with van der Waals surface area (Å²) >= 11 is 3.47. The lowest BCUT2D eigenvalue weighted by Crippen LogP contribution is -2.03. The highest BCUT2D eigenvalue weighted by Crippen LogP contribution is 2.26. The van der Waals surface area contributed by atoms with Crippen LogP contribution in [0.3, 0.4) is 0 Å². The van der Waals surface area contributed by atoms with Crippen LogP contribution in [0.15, 0.2) is 40.9 Å². The number of anilines is 1. The summed E-state index contributed by atoms with van der Waals surface area (Å²) in [5, 5.41) is 0. The molecule has 0 saturated heterocycles. The molecule has 2 N–H and O–H groups in total. The van der Waals surface area contributed by atoms with Gasteiger partial charge in [-0.3, -0.25) is 4.79 Å². The molecule has 2 aromatic carbocycles.